The number of ether oxygens (including phenoxy) is 1. The van der Waals surface area contributed by atoms with E-state index in [-0.39, 0.29) is 23.7 Å². The van der Waals surface area contributed by atoms with Crippen LogP contribution in [0.1, 0.15) is 29.6 Å². The van der Waals surface area contributed by atoms with Gasteiger partial charge in [-0.1, -0.05) is 0 Å². The van der Waals surface area contributed by atoms with E-state index < -0.39 is 5.97 Å². The topological polar surface area (TPSA) is 88.5 Å². The van der Waals surface area contributed by atoms with Crippen LogP contribution in [0, 0.1) is 5.92 Å². The Kier molecular flexibility index (Phi) is 3.99. The molecule has 0 saturated heterocycles. The third-order valence-electron chi connectivity index (χ3n) is 3.33. The van der Waals surface area contributed by atoms with Crippen LogP contribution in [0.25, 0.3) is 0 Å². The number of aromatic nitrogens is 1. The SMILES string of the molecule is COc1ncccc1C(=O)N[C@H]1CC[C@@H](C(=O)O)C1. The summed E-state index contributed by atoms with van der Waals surface area (Å²) in [6.07, 6.45) is 3.31. The zero-order chi connectivity index (χ0) is 13.8. The minimum absolute atomic E-state index is 0.0986. The third-order valence-corrected chi connectivity index (χ3v) is 3.33. The van der Waals surface area contributed by atoms with Crippen LogP contribution in [0.2, 0.25) is 0 Å². The number of carbonyl (C=O) groups excluding carboxylic acids is 1. The van der Waals surface area contributed by atoms with Crippen LogP contribution in [0.5, 0.6) is 5.88 Å². The molecule has 1 amide bonds. The summed E-state index contributed by atoms with van der Waals surface area (Å²) in [7, 11) is 1.45. The highest BCUT2D eigenvalue weighted by molar-refractivity contribution is 5.96. The van der Waals surface area contributed by atoms with E-state index in [2.05, 4.69) is 10.3 Å². The summed E-state index contributed by atoms with van der Waals surface area (Å²) in [5, 5.41) is 11.8. The Morgan fingerprint density at radius 1 is 1.47 bits per heavy atom. The van der Waals surface area contributed by atoms with E-state index >= 15 is 0 Å². The molecule has 0 unspecified atom stereocenters. The first-order valence-corrected chi connectivity index (χ1v) is 6.14. The van der Waals surface area contributed by atoms with Gasteiger partial charge in [0.05, 0.1) is 13.0 Å². The molecule has 0 bridgehead atoms. The number of hydrogen-bond donors (Lipinski definition) is 2. The molecule has 0 radical (unpaired) electrons. The highest BCUT2D eigenvalue weighted by Gasteiger charge is 2.31. The number of methoxy groups -OCH3 is 1. The van der Waals surface area contributed by atoms with E-state index in [9.17, 15) is 9.59 Å². The van der Waals surface area contributed by atoms with Crippen molar-refractivity contribution in [1.82, 2.24) is 10.3 Å². The van der Waals surface area contributed by atoms with Crippen LogP contribution >= 0.6 is 0 Å². The maximum absolute atomic E-state index is 12.1. The van der Waals surface area contributed by atoms with Crippen LogP contribution < -0.4 is 10.1 Å². The van der Waals surface area contributed by atoms with Crippen molar-refractivity contribution < 1.29 is 19.4 Å². The maximum atomic E-state index is 12.1. The summed E-state index contributed by atoms with van der Waals surface area (Å²) >= 11 is 0. The number of carboxylic acids is 1. The fraction of sp³-hybridized carbons (Fsp3) is 0.462. The zero-order valence-corrected chi connectivity index (χ0v) is 10.6. The molecule has 0 spiro atoms. The Bertz CT molecular complexity index is 489. The molecular weight excluding hydrogens is 248 g/mol. The molecule has 1 saturated carbocycles. The van der Waals surface area contributed by atoms with E-state index in [1.165, 1.54) is 7.11 Å². The molecule has 2 N–H and O–H groups in total. The molecule has 1 heterocycles. The Hall–Kier alpha value is -2.11. The second-order valence-corrected chi connectivity index (χ2v) is 4.58. The van der Waals surface area contributed by atoms with Crippen molar-refractivity contribution in [2.24, 2.45) is 5.92 Å². The lowest BCUT2D eigenvalue weighted by Crippen LogP contribution is -2.33. The van der Waals surface area contributed by atoms with Gasteiger partial charge in [-0.25, -0.2) is 4.98 Å². The van der Waals surface area contributed by atoms with Crippen molar-refractivity contribution in [2.45, 2.75) is 25.3 Å². The Labute approximate surface area is 110 Å². The molecule has 1 aromatic rings. The fourth-order valence-corrected chi connectivity index (χ4v) is 2.33. The largest absolute Gasteiger partial charge is 0.481 e. The normalized spacial score (nSPS) is 21.9. The van der Waals surface area contributed by atoms with Gasteiger partial charge in [-0.2, -0.15) is 0 Å². The van der Waals surface area contributed by atoms with Crippen LogP contribution in [-0.4, -0.2) is 35.1 Å². The van der Waals surface area contributed by atoms with Crippen LogP contribution in [0.3, 0.4) is 0 Å². The molecule has 6 nitrogen and oxygen atoms in total. The standard InChI is InChI=1S/C13H16N2O4/c1-19-12-10(3-2-6-14-12)11(16)15-9-5-4-8(7-9)13(17)18/h2-3,6,8-9H,4-5,7H2,1H3,(H,15,16)(H,17,18)/t8-,9+/m1/s1. The van der Waals surface area contributed by atoms with Crippen molar-refractivity contribution in [3.63, 3.8) is 0 Å². The molecule has 1 aromatic heterocycles. The second kappa shape index (κ2) is 5.69. The molecule has 1 aliphatic rings. The molecular formula is C13H16N2O4. The summed E-state index contributed by atoms with van der Waals surface area (Å²) in [5.41, 5.74) is 0.365. The molecule has 0 aliphatic heterocycles. The summed E-state index contributed by atoms with van der Waals surface area (Å²) in [5.74, 6) is -1.16. The molecule has 102 valence electrons. The predicted octanol–water partition coefficient (Wildman–Crippen LogP) is 1.07. The number of carboxylic acid groups (broad SMARTS) is 1. The van der Waals surface area contributed by atoms with Crippen molar-refractivity contribution >= 4 is 11.9 Å². The van der Waals surface area contributed by atoms with Gasteiger partial charge >= 0.3 is 5.97 Å². The van der Waals surface area contributed by atoms with Gasteiger partial charge in [-0.3, -0.25) is 9.59 Å². The first kappa shape index (κ1) is 13.3. The number of hydrogen-bond acceptors (Lipinski definition) is 4. The number of nitrogens with one attached hydrogen (secondary N) is 1. The molecule has 2 atom stereocenters. The van der Waals surface area contributed by atoms with Crippen molar-refractivity contribution in [3.05, 3.63) is 23.9 Å². The third kappa shape index (κ3) is 3.01. The second-order valence-electron chi connectivity index (χ2n) is 4.58. The van der Waals surface area contributed by atoms with Gasteiger partial charge in [0.2, 0.25) is 5.88 Å². The van der Waals surface area contributed by atoms with Crippen molar-refractivity contribution in [1.29, 1.82) is 0 Å². The van der Waals surface area contributed by atoms with Gasteiger partial charge in [0.1, 0.15) is 5.56 Å². The number of aliphatic carboxylic acids is 1. The number of pyridine rings is 1. The molecule has 0 aromatic carbocycles. The molecule has 6 heteroatoms. The Balaban J connectivity index is 2.00. The van der Waals surface area contributed by atoms with Crippen LogP contribution in [0.4, 0.5) is 0 Å². The van der Waals surface area contributed by atoms with E-state index in [1.54, 1.807) is 18.3 Å². The summed E-state index contributed by atoms with van der Waals surface area (Å²) in [4.78, 5) is 26.9. The molecule has 2 rings (SSSR count). The van der Waals surface area contributed by atoms with Gasteiger partial charge in [-0.15, -0.1) is 0 Å². The minimum atomic E-state index is -0.796. The Morgan fingerprint density at radius 3 is 2.89 bits per heavy atom. The lowest BCUT2D eigenvalue weighted by Gasteiger charge is -2.13. The quantitative estimate of drug-likeness (QED) is 0.849. The average molecular weight is 264 g/mol. The average Bonchev–Trinajstić information content (AvgIpc) is 2.87. The minimum Gasteiger partial charge on any atom is -0.481 e. The molecule has 1 fully saturated rings. The van der Waals surface area contributed by atoms with Gasteiger partial charge < -0.3 is 15.2 Å². The summed E-state index contributed by atoms with van der Waals surface area (Å²) < 4.78 is 5.02. The number of nitrogens with zero attached hydrogens (tertiary/aromatic N) is 1. The molecule has 1 aliphatic carbocycles. The van der Waals surface area contributed by atoms with Crippen LogP contribution in [0.15, 0.2) is 18.3 Å². The maximum Gasteiger partial charge on any atom is 0.306 e. The lowest BCUT2D eigenvalue weighted by molar-refractivity contribution is -0.141. The van der Waals surface area contributed by atoms with Gasteiger partial charge in [0, 0.05) is 12.2 Å². The van der Waals surface area contributed by atoms with Gasteiger partial charge in [-0.05, 0) is 31.4 Å². The predicted molar refractivity (Wildman–Crippen MR) is 67.0 cm³/mol. The first-order valence-electron chi connectivity index (χ1n) is 6.14. The number of rotatable bonds is 4. The zero-order valence-electron chi connectivity index (χ0n) is 10.6. The highest BCUT2D eigenvalue weighted by Crippen LogP contribution is 2.26. The monoisotopic (exact) mass is 264 g/mol. The van der Waals surface area contributed by atoms with E-state index in [1.807, 2.05) is 0 Å². The van der Waals surface area contributed by atoms with Gasteiger partial charge in [0.25, 0.3) is 5.91 Å². The van der Waals surface area contributed by atoms with Crippen molar-refractivity contribution in [3.8, 4) is 5.88 Å². The van der Waals surface area contributed by atoms with E-state index in [0.29, 0.717) is 24.8 Å². The molecule has 19 heavy (non-hydrogen) atoms. The summed E-state index contributed by atoms with van der Waals surface area (Å²) in [6.45, 7) is 0. The Morgan fingerprint density at radius 2 is 2.26 bits per heavy atom. The highest BCUT2D eigenvalue weighted by atomic mass is 16.5. The lowest BCUT2D eigenvalue weighted by atomic mass is 10.1. The van der Waals surface area contributed by atoms with E-state index in [0.717, 1.165) is 0 Å². The van der Waals surface area contributed by atoms with E-state index in [4.69, 9.17) is 9.84 Å². The number of carbonyl (C=O) groups is 2. The summed E-state index contributed by atoms with van der Waals surface area (Å²) in [6, 6.07) is 3.19. The first-order chi connectivity index (χ1) is 9.11. The number of amides is 1. The van der Waals surface area contributed by atoms with Crippen LogP contribution in [-0.2, 0) is 4.79 Å². The smallest absolute Gasteiger partial charge is 0.306 e. The van der Waals surface area contributed by atoms with Gasteiger partial charge in [0.15, 0.2) is 0 Å². The van der Waals surface area contributed by atoms with Crippen molar-refractivity contribution in [2.75, 3.05) is 7.11 Å². The fourth-order valence-electron chi connectivity index (χ4n) is 2.33.